The number of hydrogen-bond acceptors (Lipinski definition) is 5. The Morgan fingerprint density at radius 1 is 0.889 bits per heavy atom. The van der Waals surface area contributed by atoms with Crippen LogP contribution in [0.1, 0.15) is 5.69 Å². The Kier molecular flexibility index (Phi) is 4.16. The number of fused-ring (bicyclic) bond motifs is 1. The number of aryl methyl sites for hydroxylation is 1. The van der Waals surface area contributed by atoms with E-state index in [0.717, 1.165) is 16.8 Å². The molecule has 6 nitrogen and oxygen atoms in total. The second-order valence-corrected chi connectivity index (χ2v) is 6.12. The standard InChI is InChI=1S/C21H19N3O3/c1-13-21(25)24-12-16(14-7-5-4-6-8-14)23-19(20(24)22-13)15-9-10-17(26-2)18(11-15)27-3/h4-12,25H,1-3H3. The summed E-state index contributed by atoms with van der Waals surface area (Å²) in [5, 5.41) is 10.5. The molecule has 0 spiro atoms. The summed E-state index contributed by atoms with van der Waals surface area (Å²) in [7, 11) is 3.19. The molecule has 0 bridgehead atoms. The third-order valence-electron chi connectivity index (χ3n) is 4.48. The van der Waals surface area contributed by atoms with Gasteiger partial charge in [0.25, 0.3) is 0 Å². The largest absolute Gasteiger partial charge is 0.493 e. The lowest BCUT2D eigenvalue weighted by atomic mass is 10.1. The van der Waals surface area contributed by atoms with Crippen molar-refractivity contribution in [2.45, 2.75) is 6.92 Å². The Hall–Kier alpha value is -3.54. The number of ether oxygens (including phenoxy) is 2. The van der Waals surface area contributed by atoms with Crippen LogP contribution in [0.5, 0.6) is 17.4 Å². The summed E-state index contributed by atoms with van der Waals surface area (Å²) >= 11 is 0. The molecule has 4 rings (SSSR count). The van der Waals surface area contributed by atoms with E-state index in [0.29, 0.717) is 28.5 Å². The first-order valence-corrected chi connectivity index (χ1v) is 8.49. The van der Waals surface area contributed by atoms with Gasteiger partial charge in [0.15, 0.2) is 17.1 Å². The zero-order valence-corrected chi connectivity index (χ0v) is 15.3. The van der Waals surface area contributed by atoms with Crippen molar-refractivity contribution < 1.29 is 14.6 Å². The summed E-state index contributed by atoms with van der Waals surface area (Å²) < 4.78 is 12.4. The fourth-order valence-corrected chi connectivity index (χ4v) is 3.07. The van der Waals surface area contributed by atoms with Crippen molar-refractivity contribution >= 4 is 5.65 Å². The lowest BCUT2D eigenvalue weighted by Gasteiger charge is -2.11. The van der Waals surface area contributed by atoms with E-state index >= 15 is 0 Å². The molecule has 0 amide bonds. The predicted octanol–water partition coefficient (Wildman–Crippen LogP) is 4.09. The minimum atomic E-state index is 0.103. The maximum atomic E-state index is 10.5. The first kappa shape index (κ1) is 16.9. The van der Waals surface area contributed by atoms with Gasteiger partial charge in [0, 0.05) is 17.3 Å². The molecule has 0 aliphatic carbocycles. The quantitative estimate of drug-likeness (QED) is 0.593. The predicted molar refractivity (Wildman–Crippen MR) is 103 cm³/mol. The van der Waals surface area contributed by atoms with Crippen molar-refractivity contribution in [2.75, 3.05) is 14.2 Å². The van der Waals surface area contributed by atoms with Crippen molar-refractivity contribution in [3.8, 4) is 39.9 Å². The monoisotopic (exact) mass is 361 g/mol. The summed E-state index contributed by atoms with van der Waals surface area (Å²) in [4.78, 5) is 9.34. The van der Waals surface area contributed by atoms with Crippen LogP contribution in [-0.4, -0.2) is 33.7 Å². The number of rotatable bonds is 4. The van der Waals surface area contributed by atoms with Crippen LogP contribution in [0.4, 0.5) is 0 Å². The number of imidazole rings is 1. The van der Waals surface area contributed by atoms with Gasteiger partial charge in [-0.1, -0.05) is 30.3 Å². The van der Waals surface area contributed by atoms with Crippen LogP contribution in [0.15, 0.2) is 54.7 Å². The van der Waals surface area contributed by atoms with Gasteiger partial charge < -0.3 is 14.6 Å². The lowest BCUT2D eigenvalue weighted by Crippen LogP contribution is -1.97. The van der Waals surface area contributed by atoms with Crippen LogP contribution < -0.4 is 9.47 Å². The van der Waals surface area contributed by atoms with Gasteiger partial charge in [0.2, 0.25) is 5.88 Å². The van der Waals surface area contributed by atoms with Crippen molar-refractivity contribution in [2.24, 2.45) is 0 Å². The van der Waals surface area contributed by atoms with Gasteiger partial charge in [-0.25, -0.2) is 9.97 Å². The lowest BCUT2D eigenvalue weighted by molar-refractivity contribution is 0.355. The maximum absolute atomic E-state index is 10.5. The summed E-state index contributed by atoms with van der Waals surface area (Å²) in [5.74, 6) is 1.35. The molecule has 0 saturated carbocycles. The smallest absolute Gasteiger partial charge is 0.219 e. The number of aromatic nitrogens is 3. The summed E-state index contributed by atoms with van der Waals surface area (Å²) in [5.41, 5.74) is 4.29. The molecule has 2 heterocycles. The Bertz CT molecular complexity index is 1120. The van der Waals surface area contributed by atoms with E-state index in [1.54, 1.807) is 31.7 Å². The third-order valence-corrected chi connectivity index (χ3v) is 4.48. The molecule has 0 aliphatic heterocycles. The Labute approximate surface area is 156 Å². The fourth-order valence-electron chi connectivity index (χ4n) is 3.07. The highest BCUT2D eigenvalue weighted by Gasteiger charge is 2.17. The van der Waals surface area contributed by atoms with E-state index in [-0.39, 0.29) is 5.88 Å². The molecule has 0 radical (unpaired) electrons. The zero-order chi connectivity index (χ0) is 19.0. The molecule has 1 N–H and O–H groups in total. The van der Waals surface area contributed by atoms with Crippen LogP contribution in [0.25, 0.3) is 28.2 Å². The SMILES string of the molecule is COc1ccc(-c2nc(-c3ccccc3)cn3c(O)c(C)nc23)cc1OC. The third kappa shape index (κ3) is 2.85. The normalized spacial score (nSPS) is 10.9. The van der Waals surface area contributed by atoms with E-state index in [2.05, 4.69) is 4.98 Å². The average Bonchev–Trinajstić information content (AvgIpc) is 3.01. The van der Waals surface area contributed by atoms with Crippen LogP contribution in [0.3, 0.4) is 0 Å². The van der Waals surface area contributed by atoms with Gasteiger partial charge in [0.1, 0.15) is 11.4 Å². The van der Waals surface area contributed by atoms with Gasteiger partial charge in [-0.05, 0) is 25.1 Å². The molecule has 0 aliphatic rings. The van der Waals surface area contributed by atoms with Gasteiger partial charge in [-0.15, -0.1) is 0 Å². The molecule has 2 aromatic carbocycles. The topological polar surface area (TPSA) is 68.9 Å². The summed E-state index contributed by atoms with van der Waals surface area (Å²) in [6.07, 6.45) is 1.80. The van der Waals surface area contributed by atoms with Gasteiger partial charge in [0.05, 0.1) is 19.9 Å². The van der Waals surface area contributed by atoms with Crippen LogP contribution in [-0.2, 0) is 0 Å². The van der Waals surface area contributed by atoms with E-state index in [1.807, 2.05) is 48.5 Å². The van der Waals surface area contributed by atoms with Gasteiger partial charge in [-0.2, -0.15) is 0 Å². The van der Waals surface area contributed by atoms with Crippen molar-refractivity contribution in [3.63, 3.8) is 0 Å². The van der Waals surface area contributed by atoms with Crippen molar-refractivity contribution in [3.05, 3.63) is 60.4 Å². The first-order chi connectivity index (χ1) is 13.1. The van der Waals surface area contributed by atoms with Crippen molar-refractivity contribution in [1.82, 2.24) is 14.4 Å². The average molecular weight is 361 g/mol. The molecule has 136 valence electrons. The molecule has 6 heteroatoms. The minimum absolute atomic E-state index is 0.103. The highest BCUT2D eigenvalue weighted by Crippen LogP contribution is 2.35. The highest BCUT2D eigenvalue weighted by atomic mass is 16.5. The highest BCUT2D eigenvalue weighted by molar-refractivity contribution is 5.79. The Morgan fingerprint density at radius 3 is 2.33 bits per heavy atom. The van der Waals surface area contributed by atoms with Crippen LogP contribution in [0.2, 0.25) is 0 Å². The Balaban J connectivity index is 2.00. The zero-order valence-electron chi connectivity index (χ0n) is 15.3. The van der Waals surface area contributed by atoms with E-state index in [4.69, 9.17) is 14.5 Å². The van der Waals surface area contributed by atoms with E-state index < -0.39 is 0 Å². The number of hydrogen-bond donors (Lipinski definition) is 1. The van der Waals surface area contributed by atoms with Crippen molar-refractivity contribution in [1.29, 1.82) is 0 Å². The molecule has 0 unspecified atom stereocenters. The number of benzene rings is 2. The molecule has 0 saturated heterocycles. The summed E-state index contributed by atoms with van der Waals surface area (Å²) in [6.45, 7) is 1.77. The molecule has 2 aromatic heterocycles. The van der Waals surface area contributed by atoms with E-state index in [9.17, 15) is 5.11 Å². The first-order valence-electron chi connectivity index (χ1n) is 8.49. The molecule has 0 fully saturated rings. The molecule has 27 heavy (non-hydrogen) atoms. The second kappa shape index (κ2) is 6.64. The van der Waals surface area contributed by atoms with E-state index in [1.165, 1.54) is 0 Å². The molecule has 0 atom stereocenters. The minimum Gasteiger partial charge on any atom is -0.493 e. The summed E-state index contributed by atoms with van der Waals surface area (Å²) in [6, 6.07) is 15.4. The van der Waals surface area contributed by atoms with Gasteiger partial charge in [-0.3, -0.25) is 4.40 Å². The maximum Gasteiger partial charge on any atom is 0.219 e. The Morgan fingerprint density at radius 2 is 1.63 bits per heavy atom. The second-order valence-electron chi connectivity index (χ2n) is 6.12. The van der Waals surface area contributed by atoms with Crippen LogP contribution >= 0.6 is 0 Å². The molecular weight excluding hydrogens is 342 g/mol. The number of aromatic hydroxyl groups is 1. The fraction of sp³-hybridized carbons (Fsp3) is 0.143. The molecular formula is C21H19N3O3. The van der Waals surface area contributed by atoms with Crippen LogP contribution in [0, 0.1) is 6.92 Å². The molecule has 4 aromatic rings. The number of methoxy groups -OCH3 is 2. The number of nitrogens with zero attached hydrogens (tertiary/aromatic N) is 3. The van der Waals surface area contributed by atoms with Gasteiger partial charge >= 0.3 is 0 Å².